The van der Waals surface area contributed by atoms with E-state index in [0.717, 1.165) is 18.5 Å². The summed E-state index contributed by atoms with van der Waals surface area (Å²) in [7, 11) is -3.33. The highest BCUT2D eigenvalue weighted by Crippen LogP contribution is 2.24. The number of fused-ring (bicyclic) bond motifs is 1. The maximum Gasteiger partial charge on any atom is 0.193 e. The summed E-state index contributed by atoms with van der Waals surface area (Å²) in [6.07, 6.45) is 3.42. The normalized spacial score (nSPS) is 13.8. The van der Waals surface area contributed by atoms with Crippen LogP contribution in [-0.4, -0.2) is 26.7 Å². The van der Waals surface area contributed by atoms with Crippen LogP contribution in [0.1, 0.15) is 17.5 Å². The van der Waals surface area contributed by atoms with E-state index in [4.69, 9.17) is 5.73 Å². The summed E-state index contributed by atoms with van der Waals surface area (Å²) in [5, 5.41) is 3.03. The average Bonchev–Trinajstić information content (AvgIpc) is 3.03. The van der Waals surface area contributed by atoms with Crippen molar-refractivity contribution in [3.8, 4) is 0 Å². The van der Waals surface area contributed by atoms with E-state index in [1.54, 1.807) is 30.3 Å². The highest BCUT2D eigenvalue weighted by Gasteiger charge is 2.13. The van der Waals surface area contributed by atoms with Gasteiger partial charge in [0, 0.05) is 5.69 Å². The Labute approximate surface area is 165 Å². The Hall–Kier alpha value is -1.61. The highest BCUT2D eigenvalue weighted by atomic mass is 127. The summed E-state index contributed by atoms with van der Waals surface area (Å²) in [6.45, 7) is 0.126. The fourth-order valence-corrected chi connectivity index (χ4v) is 4.01. The van der Waals surface area contributed by atoms with E-state index in [0.29, 0.717) is 4.90 Å². The molecular formula is C18H22IN3O2S. The summed E-state index contributed by atoms with van der Waals surface area (Å²) in [6, 6.07) is 14.6. The molecule has 0 spiro atoms. The zero-order chi connectivity index (χ0) is 17.0. The first-order valence-electron chi connectivity index (χ1n) is 8.01. The summed E-state index contributed by atoms with van der Waals surface area (Å²) in [5.74, 6) is 0.167. The van der Waals surface area contributed by atoms with Crippen LogP contribution in [0.15, 0.2) is 58.4 Å². The summed E-state index contributed by atoms with van der Waals surface area (Å²) < 4.78 is 24.3. The van der Waals surface area contributed by atoms with Crippen LogP contribution in [-0.2, 0) is 22.7 Å². The van der Waals surface area contributed by atoms with Gasteiger partial charge in [-0.15, -0.1) is 24.0 Å². The van der Waals surface area contributed by atoms with Crippen molar-refractivity contribution >= 4 is 45.5 Å². The zero-order valence-electron chi connectivity index (χ0n) is 13.8. The molecule has 0 amide bonds. The molecule has 5 nitrogen and oxygen atoms in total. The lowest BCUT2D eigenvalue weighted by Crippen LogP contribution is -2.24. The number of rotatable bonds is 5. The van der Waals surface area contributed by atoms with E-state index in [2.05, 4.69) is 22.4 Å². The van der Waals surface area contributed by atoms with Crippen molar-refractivity contribution in [1.29, 1.82) is 0 Å². The Morgan fingerprint density at radius 1 is 1.08 bits per heavy atom. The molecule has 0 bridgehead atoms. The molecule has 0 saturated heterocycles. The molecule has 3 rings (SSSR count). The van der Waals surface area contributed by atoms with Crippen LogP contribution in [0.5, 0.6) is 0 Å². The van der Waals surface area contributed by atoms with E-state index in [1.165, 1.54) is 17.5 Å². The molecule has 0 saturated carbocycles. The van der Waals surface area contributed by atoms with Crippen molar-refractivity contribution in [3.05, 3.63) is 59.7 Å². The molecule has 3 N–H and O–H groups in total. The van der Waals surface area contributed by atoms with E-state index in [1.807, 2.05) is 6.07 Å². The number of hydrogen-bond donors (Lipinski definition) is 2. The molecule has 25 heavy (non-hydrogen) atoms. The molecule has 0 aromatic heterocycles. The van der Waals surface area contributed by atoms with Gasteiger partial charge < -0.3 is 11.1 Å². The van der Waals surface area contributed by atoms with Gasteiger partial charge in [0.05, 0.1) is 17.2 Å². The molecule has 0 atom stereocenters. The average molecular weight is 471 g/mol. The Kier molecular flexibility index (Phi) is 6.83. The molecule has 0 unspecified atom stereocenters. The quantitative estimate of drug-likeness (QED) is 0.399. The van der Waals surface area contributed by atoms with Crippen LogP contribution >= 0.6 is 24.0 Å². The van der Waals surface area contributed by atoms with Crippen LogP contribution in [0.4, 0.5) is 5.69 Å². The first-order chi connectivity index (χ1) is 11.5. The lowest BCUT2D eigenvalue weighted by atomic mass is 10.1. The van der Waals surface area contributed by atoms with Crippen LogP contribution in [0, 0.1) is 0 Å². The molecule has 0 heterocycles. The van der Waals surface area contributed by atoms with Gasteiger partial charge in [-0.1, -0.05) is 24.3 Å². The summed E-state index contributed by atoms with van der Waals surface area (Å²) >= 11 is 0. The zero-order valence-corrected chi connectivity index (χ0v) is 17.0. The van der Waals surface area contributed by atoms with Crippen LogP contribution in [0.25, 0.3) is 0 Å². The lowest BCUT2D eigenvalue weighted by molar-refractivity contribution is 0.596. The molecule has 2 aromatic carbocycles. The number of aryl methyl sites for hydroxylation is 2. The predicted molar refractivity (Wildman–Crippen MR) is 112 cm³/mol. The largest absolute Gasteiger partial charge is 0.370 e. The molecule has 7 heteroatoms. The van der Waals surface area contributed by atoms with Gasteiger partial charge in [0.1, 0.15) is 0 Å². The second-order valence-electron chi connectivity index (χ2n) is 5.86. The Morgan fingerprint density at radius 3 is 2.56 bits per heavy atom. The molecule has 2 aromatic rings. The molecule has 0 radical (unpaired) electrons. The minimum absolute atomic E-state index is 0. The number of hydrogen-bond acceptors (Lipinski definition) is 3. The second-order valence-corrected chi connectivity index (χ2v) is 7.97. The first kappa shape index (κ1) is 19.7. The van der Waals surface area contributed by atoms with Crippen molar-refractivity contribution < 1.29 is 8.42 Å². The fraction of sp³-hybridized carbons (Fsp3) is 0.278. The highest BCUT2D eigenvalue weighted by molar-refractivity contribution is 14.0. The molecular weight excluding hydrogens is 449 g/mol. The van der Waals surface area contributed by atoms with Crippen molar-refractivity contribution in [2.45, 2.75) is 24.2 Å². The minimum Gasteiger partial charge on any atom is -0.370 e. The molecule has 0 fully saturated rings. The summed E-state index contributed by atoms with van der Waals surface area (Å²) in [4.78, 5) is 4.44. The number of halogens is 1. The number of anilines is 1. The van der Waals surface area contributed by atoms with E-state index >= 15 is 0 Å². The van der Waals surface area contributed by atoms with Gasteiger partial charge in [0.2, 0.25) is 0 Å². The third kappa shape index (κ3) is 5.18. The van der Waals surface area contributed by atoms with Gasteiger partial charge in [-0.25, -0.2) is 8.42 Å². The topological polar surface area (TPSA) is 84.5 Å². The second kappa shape index (κ2) is 8.66. The van der Waals surface area contributed by atoms with Gasteiger partial charge in [-0.2, -0.15) is 0 Å². The van der Waals surface area contributed by atoms with E-state index in [-0.39, 0.29) is 42.2 Å². The maximum atomic E-state index is 12.2. The van der Waals surface area contributed by atoms with E-state index in [9.17, 15) is 8.42 Å². The van der Waals surface area contributed by atoms with Crippen molar-refractivity contribution in [1.82, 2.24) is 0 Å². The fourth-order valence-electron chi connectivity index (χ4n) is 2.87. The van der Waals surface area contributed by atoms with Crippen LogP contribution in [0.2, 0.25) is 0 Å². The number of nitrogens with two attached hydrogens (primary N) is 1. The lowest BCUT2D eigenvalue weighted by Gasteiger charge is -2.08. The molecule has 1 aliphatic rings. The Morgan fingerprint density at radius 2 is 1.80 bits per heavy atom. The van der Waals surface area contributed by atoms with Crippen LogP contribution in [0.3, 0.4) is 0 Å². The first-order valence-corrected chi connectivity index (χ1v) is 9.66. The smallest absolute Gasteiger partial charge is 0.193 e. The Balaban J connectivity index is 0.00000225. The number of guanidine groups is 1. The summed E-state index contributed by atoms with van der Waals surface area (Å²) in [5.41, 5.74) is 9.49. The van der Waals surface area contributed by atoms with Gasteiger partial charge in [0.25, 0.3) is 0 Å². The predicted octanol–water partition coefficient (Wildman–Crippen LogP) is 2.99. The number of aliphatic imine (C=N–C) groups is 1. The van der Waals surface area contributed by atoms with Crippen molar-refractivity contribution in [2.75, 3.05) is 17.6 Å². The monoisotopic (exact) mass is 471 g/mol. The SMILES string of the molecule is I.NC(=NCCS(=O)(=O)c1ccccc1)Nc1ccc2c(c1)CCC2. The molecule has 134 valence electrons. The Bertz CT molecular complexity index is 852. The number of nitrogens with one attached hydrogen (secondary N) is 1. The molecule has 1 aliphatic carbocycles. The number of nitrogens with zero attached hydrogens (tertiary/aromatic N) is 1. The van der Waals surface area contributed by atoms with Crippen molar-refractivity contribution in [2.24, 2.45) is 10.7 Å². The third-order valence-corrected chi connectivity index (χ3v) is 5.83. The minimum atomic E-state index is -3.33. The van der Waals surface area contributed by atoms with E-state index < -0.39 is 9.84 Å². The van der Waals surface area contributed by atoms with Gasteiger partial charge >= 0.3 is 0 Å². The maximum absolute atomic E-state index is 12.2. The standard InChI is InChI=1S/C18H21N3O2S.HI/c19-18(21-16-10-9-14-5-4-6-15(14)13-16)20-11-12-24(22,23)17-7-2-1-3-8-17;/h1-3,7-10,13H,4-6,11-12H2,(H3,19,20,21);1H. The number of benzene rings is 2. The van der Waals surface area contributed by atoms with Gasteiger partial charge in [0.15, 0.2) is 15.8 Å². The molecule has 0 aliphatic heterocycles. The van der Waals surface area contributed by atoms with Gasteiger partial charge in [-0.3, -0.25) is 4.99 Å². The number of sulfone groups is 1. The van der Waals surface area contributed by atoms with Crippen molar-refractivity contribution in [3.63, 3.8) is 0 Å². The third-order valence-electron chi connectivity index (χ3n) is 4.12. The van der Waals surface area contributed by atoms with Crippen LogP contribution < -0.4 is 11.1 Å². The van der Waals surface area contributed by atoms with Gasteiger partial charge in [-0.05, 0) is 54.7 Å².